The summed E-state index contributed by atoms with van der Waals surface area (Å²) in [5.41, 5.74) is 7.20. The number of rotatable bonds is 7. The molecule has 0 saturated carbocycles. The summed E-state index contributed by atoms with van der Waals surface area (Å²) < 4.78 is 0. The lowest BCUT2D eigenvalue weighted by atomic mass is 10.1. The van der Waals surface area contributed by atoms with Gasteiger partial charge in [0.1, 0.15) is 0 Å². The molecule has 1 atom stereocenters. The summed E-state index contributed by atoms with van der Waals surface area (Å²) in [6.45, 7) is 3.04. The summed E-state index contributed by atoms with van der Waals surface area (Å²) in [4.78, 5) is 27.2. The van der Waals surface area contributed by atoms with E-state index in [4.69, 9.17) is 5.73 Å². The molecule has 2 heterocycles. The lowest BCUT2D eigenvalue weighted by molar-refractivity contribution is -0.116. The summed E-state index contributed by atoms with van der Waals surface area (Å²) in [5, 5.41) is 7.56. The maximum atomic E-state index is 12.6. The Hall–Kier alpha value is -2.38. The highest BCUT2D eigenvalue weighted by Crippen LogP contribution is 2.24. The third-order valence-corrected chi connectivity index (χ3v) is 5.46. The largest absolute Gasteiger partial charge is 0.352 e. The van der Waals surface area contributed by atoms with Gasteiger partial charge in [-0.25, -0.2) is 4.79 Å². The fourth-order valence-corrected chi connectivity index (χ4v) is 4.01. The molecule has 138 valence electrons. The number of nitrogens with one attached hydrogen (secondary N) is 2. The summed E-state index contributed by atoms with van der Waals surface area (Å²) in [6, 6.07) is 10.6. The van der Waals surface area contributed by atoms with Crippen LogP contribution in [-0.2, 0) is 11.3 Å². The van der Waals surface area contributed by atoms with Gasteiger partial charge in [0.05, 0.1) is 12.5 Å². The van der Waals surface area contributed by atoms with Crippen LogP contribution in [0.4, 0.5) is 10.5 Å². The predicted octanol–water partition coefficient (Wildman–Crippen LogP) is 3.08. The Kier molecular flexibility index (Phi) is 6.25. The van der Waals surface area contributed by atoms with Crippen LogP contribution >= 0.6 is 11.3 Å². The van der Waals surface area contributed by atoms with Crippen molar-refractivity contribution in [3.05, 3.63) is 52.2 Å². The number of carbonyl (C=O) groups is 2. The molecule has 1 aliphatic rings. The fourth-order valence-electron chi connectivity index (χ4n) is 3.23. The van der Waals surface area contributed by atoms with Gasteiger partial charge >= 0.3 is 6.03 Å². The van der Waals surface area contributed by atoms with Crippen molar-refractivity contribution in [3.8, 4) is 0 Å². The van der Waals surface area contributed by atoms with E-state index in [0.29, 0.717) is 0 Å². The van der Waals surface area contributed by atoms with Crippen LogP contribution < -0.4 is 16.4 Å². The number of nitrogens with zero attached hydrogens (tertiary/aromatic N) is 1. The van der Waals surface area contributed by atoms with E-state index < -0.39 is 12.1 Å². The van der Waals surface area contributed by atoms with Gasteiger partial charge in [0.2, 0.25) is 5.91 Å². The van der Waals surface area contributed by atoms with Gasteiger partial charge in [0.25, 0.3) is 0 Å². The lowest BCUT2D eigenvalue weighted by Crippen LogP contribution is -2.35. The van der Waals surface area contributed by atoms with Crippen LogP contribution in [0, 0.1) is 0 Å². The Morgan fingerprint density at radius 3 is 2.62 bits per heavy atom. The number of urea groups is 1. The summed E-state index contributed by atoms with van der Waals surface area (Å²) in [5.74, 6) is -0.147. The van der Waals surface area contributed by atoms with Gasteiger partial charge in [-0.2, -0.15) is 0 Å². The summed E-state index contributed by atoms with van der Waals surface area (Å²) in [7, 11) is 0. The molecule has 7 heteroatoms. The highest BCUT2D eigenvalue weighted by molar-refractivity contribution is 7.10. The zero-order valence-corrected chi connectivity index (χ0v) is 15.4. The Labute approximate surface area is 157 Å². The predicted molar refractivity (Wildman–Crippen MR) is 104 cm³/mol. The minimum absolute atomic E-state index is 0.140. The molecule has 3 rings (SSSR count). The van der Waals surface area contributed by atoms with Crippen LogP contribution in [0.2, 0.25) is 0 Å². The zero-order valence-electron chi connectivity index (χ0n) is 14.6. The maximum Gasteiger partial charge on any atom is 0.312 e. The topological polar surface area (TPSA) is 87.5 Å². The second-order valence-electron chi connectivity index (χ2n) is 6.47. The van der Waals surface area contributed by atoms with Crippen molar-refractivity contribution in [2.75, 3.05) is 18.4 Å². The molecule has 26 heavy (non-hydrogen) atoms. The molecule has 1 aromatic carbocycles. The SMILES string of the molecule is NC(=O)NC(CC(=O)Nc1ccccc1CN1CCCC1)c1cccs1. The minimum Gasteiger partial charge on any atom is -0.352 e. The fraction of sp³-hybridized carbons (Fsp3) is 0.368. The average Bonchev–Trinajstić information content (AvgIpc) is 3.29. The monoisotopic (exact) mass is 372 g/mol. The molecule has 1 fully saturated rings. The van der Waals surface area contributed by atoms with E-state index in [1.54, 1.807) is 0 Å². The molecule has 6 nitrogen and oxygen atoms in total. The standard InChI is InChI=1S/C19H24N4O2S/c20-19(25)22-16(17-8-5-11-26-17)12-18(24)21-15-7-2-1-6-14(15)13-23-9-3-4-10-23/h1-2,5-8,11,16H,3-4,9-10,12-13H2,(H,21,24)(H3,20,22,25). The molecule has 0 bridgehead atoms. The molecule has 0 spiro atoms. The Morgan fingerprint density at radius 1 is 1.15 bits per heavy atom. The highest BCUT2D eigenvalue weighted by Gasteiger charge is 2.20. The van der Waals surface area contributed by atoms with Crippen LogP contribution in [0.1, 0.15) is 35.7 Å². The number of para-hydroxylation sites is 1. The second kappa shape index (κ2) is 8.82. The molecule has 1 aromatic heterocycles. The van der Waals surface area contributed by atoms with Crippen LogP contribution in [0.15, 0.2) is 41.8 Å². The number of hydrogen-bond acceptors (Lipinski definition) is 4. The number of thiophene rings is 1. The number of amides is 3. The number of benzene rings is 1. The van der Waals surface area contributed by atoms with E-state index in [2.05, 4.69) is 15.5 Å². The van der Waals surface area contributed by atoms with E-state index in [9.17, 15) is 9.59 Å². The van der Waals surface area contributed by atoms with E-state index in [0.717, 1.165) is 35.8 Å². The Morgan fingerprint density at radius 2 is 1.92 bits per heavy atom. The van der Waals surface area contributed by atoms with Crippen LogP contribution in [0.25, 0.3) is 0 Å². The third kappa shape index (κ3) is 5.06. The summed E-state index contributed by atoms with van der Waals surface area (Å²) >= 11 is 1.49. The van der Waals surface area contributed by atoms with Gasteiger partial charge in [-0.05, 0) is 49.0 Å². The average molecular weight is 372 g/mol. The lowest BCUT2D eigenvalue weighted by Gasteiger charge is -2.19. The Balaban J connectivity index is 1.66. The van der Waals surface area contributed by atoms with Crippen molar-refractivity contribution in [2.45, 2.75) is 31.8 Å². The molecule has 0 radical (unpaired) electrons. The number of nitrogens with two attached hydrogens (primary N) is 1. The van der Waals surface area contributed by atoms with Gasteiger partial charge in [-0.3, -0.25) is 9.69 Å². The van der Waals surface area contributed by atoms with E-state index in [1.807, 2.05) is 41.8 Å². The molecule has 1 aliphatic heterocycles. The number of likely N-dealkylation sites (tertiary alicyclic amines) is 1. The van der Waals surface area contributed by atoms with Crippen molar-refractivity contribution in [1.82, 2.24) is 10.2 Å². The highest BCUT2D eigenvalue weighted by atomic mass is 32.1. The zero-order chi connectivity index (χ0) is 18.4. The Bertz CT molecular complexity index is 742. The van der Waals surface area contributed by atoms with E-state index in [1.165, 1.54) is 24.2 Å². The van der Waals surface area contributed by atoms with Gasteiger partial charge in [0, 0.05) is 17.1 Å². The van der Waals surface area contributed by atoms with Crippen molar-refractivity contribution < 1.29 is 9.59 Å². The summed E-state index contributed by atoms with van der Waals surface area (Å²) in [6.07, 6.45) is 2.60. The number of anilines is 1. The molecule has 1 saturated heterocycles. The minimum atomic E-state index is -0.634. The molecule has 3 amide bonds. The molecular formula is C19H24N4O2S. The first-order valence-electron chi connectivity index (χ1n) is 8.81. The van der Waals surface area contributed by atoms with Gasteiger partial charge in [-0.1, -0.05) is 24.3 Å². The first-order chi connectivity index (χ1) is 12.6. The number of primary amides is 1. The number of carbonyl (C=O) groups excluding carboxylic acids is 2. The van der Waals surface area contributed by atoms with Crippen LogP contribution in [-0.4, -0.2) is 29.9 Å². The van der Waals surface area contributed by atoms with Crippen molar-refractivity contribution in [2.24, 2.45) is 5.73 Å². The molecule has 0 aliphatic carbocycles. The van der Waals surface area contributed by atoms with E-state index >= 15 is 0 Å². The van der Waals surface area contributed by atoms with E-state index in [-0.39, 0.29) is 12.3 Å². The molecule has 1 unspecified atom stereocenters. The van der Waals surface area contributed by atoms with Gasteiger partial charge in [0.15, 0.2) is 0 Å². The third-order valence-electron chi connectivity index (χ3n) is 4.48. The first-order valence-corrected chi connectivity index (χ1v) is 9.69. The number of hydrogen-bond donors (Lipinski definition) is 3. The molecule has 2 aromatic rings. The maximum absolute atomic E-state index is 12.6. The van der Waals surface area contributed by atoms with Crippen molar-refractivity contribution in [1.29, 1.82) is 0 Å². The smallest absolute Gasteiger partial charge is 0.312 e. The molecular weight excluding hydrogens is 348 g/mol. The van der Waals surface area contributed by atoms with Crippen LogP contribution in [0.5, 0.6) is 0 Å². The second-order valence-corrected chi connectivity index (χ2v) is 7.45. The van der Waals surface area contributed by atoms with Gasteiger partial charge < -0.3 is 16.4 Å². The van der Waals surface area contributed by atoms with Crippen molar-refractivity contribution >= 4 is 29.0 Å². The van der Waals surface area contributed by atoms with Crippen LogP contribution in [0.3, 0.4) is 0 Å². The first kappa shape index (κ1) is 18.4. The normalized spacial score (nSPS) is 15.5. The van der Waals surface area contributed by atoms with Gasteiger partial charge in [-0.15, -0.1) is 11.3 Å². The van der Waals surface area contributed by atoms with Crippen molar-refractivity contribution in [3.63, 3.8) is 0 Å². The molecule has 4 N–H and O–H groups in total. The quantitative estimate of drug-likeness (QED) is 0.698.